The maximum atomic E-state index is 11.1. The highest BCUT2D eigenvalue weighted by molar-refractivity contribution is 5.87. The average molecular weight is 186 g/mol. The minimum Gasteiger partial charge on any atom is -0.456 e. The molecule has 0 bridgehead atoms. The van der Waals surface area contributed by atoms with Crippen LogP contribution in [0.1, 0.15) is 34.1 Å². The smallest absolute Gasteiger partial charge is 0.333 e. The molecular weight excluding hydrogens is 168 g/mol. The molecular formula is C10H18O3. The van der Waals surface area contributed by atoms with Crippen molar-refractivity contribution in [1.82, 2.24) is 0 Å². The van der Waals surface area contributed by atoms with E-state index in [2.05, 4.69) is 6.58 Å². The third-order valence-electron chi connectivity index (χ3n) is 1.50. The van der Waals surface area contributed by atoms with Gasteiger partial charge in [-0.25, -0.2) is 4.79 Å². The van der Waals surface area contributed by atoms with Gasteiger partial charge in [0, 0.05) is 12.0 Å². The lowest BCUT2D eigenvalue weighted by Crippen LogP contribution is -2.31. The zero-order valence-corrected chi connectivity index (χ0v) is 8.76. The number of aliphatic hydroxyl groups is 1. The van der Waals surface area contributed by atoms with Gasteiger partial charge in [0.15, 0.2) is 0 Å². The summed E-state index contributed by atoms with van der Waals surface area (Å²) in [6.07, 6.45) is -0.0561. The van der Waals surface area contributed by atoms with Gasteiger partial charge < -0.3 is 9.84 Å². The van der Waals surface area contributed by atoms with Crippen LogP contribution < -0.4 is 0 Å². The second-order valence-corrected chi connectivity index (χ2v) is 3.98. The minimum absolute atomic E-state index is 0.374. The molecule has 0 amide bonds. The Morgan fingerprint density at radius 3 is 2.38 bits per heavy atom. The Kier molecular flexibility index (Phi) is 4.14. The molecule has 1 atom stereocenters. The fourth-order valence-corrected chi connectivity index (χ4v) is 1.09. The van der Waals surface area contributed by atoms with Crippen LogP contribution in [-0.2, 0) is 9.53 Å². The van der Waals surface area contributed by atoms with E-state index >= 15 is 0 Å². The summed E-state index contributed by atoms with van der Waals surface area (Å²) in [6, 6.07) is 0. The molecule has 13 heavy (non-hydrogen) atoms. The fourth-order valence-electron chi connectivity index (χ4n) is 1.09. The highest BCUT2D eigenvalue weighted by atomic mass is 16.6. The molecule has 0 spiro atoms. The van der Waals surface area contributed by atoms with Crippen molar-refractivity contribution in [3.05, 3.63) is 12.2 Å². The van der Waals surface area contributed by atoms with Crippen LogP contribution in [0.5, 0.6) is 0 Å². The van der Waals surface area contributed by atoms with Crippen molar-refractivity contribution in [2.24, 2.45) is 0 Å². The van der Waals surface area contributed by atoms with Crippen molar-refractivity contribution in [2.75, 3.05) is 0 Å². The predicted molar refractivity (Wildman–Crippen MR) is 51.3 cm³/mol. The zero-order chi connectivity index (χ0) is 10.6. The molecule has 0 radical (unpaired) electrons. The van der Waals surface area contributed by atoms with Crippen LogP contribution in [0.3, 0.4) is 0 Å². The van der Waals surface area contributed by atoms with Crippen molar-refractivity contribution in [3.63, 3.8) is 0 Å². The molecule has 0 aliphatic carbocycles. The second kappa shape index (κ2) is 4.42. The SMILES string of the molecule is C=C(C)C(=O)OC(C)(C)CC(C)O. The summed E-state index contributed by atoms with van der Waals surface area (Å²) in [4.78, 5) is 11.1. The monoisotopic (exact) mass is 186 g/mol. The van der Waals surface area contributed by atoms with Gasteiger partial charge in [0.25, 0.3) is 0 Å². The van der Waals surface area contributed by atoms with Gasteiger partial charge in [-0.05, 0) is 27.7 Å². The average Bonchev–Trinajstić information content (AvgIpc) is 1.81. The molecule has 0 aliphatic heterocycles. The summed E-state index contributed by atoms with van der Waals surface area (Å²) < 4.78 is 5.11. The van der Waals surface area contributed by atoms with Crippen molar-refractivity contribution < 1.29 is 14.6 Å². The number of aliphatic hydroxyl groups excluding tert-OH is 1. The Morgan fingerprint density at radius 2 is 2.08 bits per heavy atom. The van der Waals surface area contributed by atoms with Gasteiger partial charge >= 0.3 is 5.97 Å². The van der Waals surface area contributed by atoms with E-state index in [1.807, 2.05) is 0 Å². The van der Waals surface area contributed by atoms with Gasteiger partial charge in [-0.2, -0.15) is 0 Å². The maximum absolute atomic E-state index is 11.1. The Bertz CT molecular complexity index is 204. The first kappa shape index (κ1) is 12.2. The first-order valence-corrected chi connectivity index (χ1v) is 4.31. The minimum atomic E-state index is -0.635. The van der Waals surface area contributed by atoms with Crippen LogP contribution in [0.2, 0.25) is 0 Å². The molecule has 0 rings (SSSR count). The summed E-state index contributed by atoms with van der Waals surface area (Å²) >= 11 is 0. The predicted octanol–water partition coefficient (Wildman–Crippen LogP) is 1.66. The molecule has 1 N–H and O–H groups in total. The number of hydrogen-bond acceptors (Lipinski definition) is 3. The van der Waals surface area contributed by atoms with Crippen LogP contribution in [0.25, 0.3) is 0 Å². The van der Waals surface area contributed by atoms with E-state index in [9.17, 15) is 4.79 Å². The summed E-state index contributed by atoms with van der Waals surface area (Å²) in [7, 11) is 0. The maximum Gasteiger partial charge on any atom is 0.333 e. The lowest BCUT2D eigenvalue weighted by molar-refractivity contribution is -0.153. The van der Waals surface area contributed by atoms with E-state index in [1.54, 1.807) is 27.7 Å². The van der Waals surface area contributed by atoms with Crippen LogP contribution in [0.4, 0.5) is 0 Å². The first-order chi connectivity index (χ1) is 5.74. The third-order valence-corrected chi connectivity index (χ3v) is 1.50. The van der Waals surface area contributed by atoms with Crippen molar-refractivity contribution in [3.8, 4) is 0 Å². The topological polar surface area (TPSA) is 46.5 Å². The quantitative estimate of drug-likeness (QED) is 0.536. The van der Waals surface area contributed by atoms with Crippen molar-refractivity contribution in [2.45, 2.75) is 45.8 Å². The van der Waals surface area contributed by atoms with Crippen LogP contribution >= 0.6 is 0 Å². The Labute approximate surface area is 79.4 Å². The molecule has 0 saturated carbocycles. The number of carbonyl (C=O) groups excluding carboxylic acids is 1. The molecule has 3 nitrogen and oxygen atoms in total. The van der Waals surface area contributed by atoms with Crippen molar-refractivity contribution in [1.29, 1.82) is 0 Å². The van der Waals surface area contributed by atoms with Gasteiger partial charge in [0.05, 0.1) is 6.10 Å². The van der Waals surface area contributed by atoms with Gasteiger partial charge in [-0.3, -0.25) is 0 Å². The highest BCUT2D eigenvalue weighted by Gasteiger charge is 2.24. The number of ether oxygens (including phenoxy) is 1. The molecule has 0 aliphatic rings. The van der Waals surface area contributed by atoms with E-state index in [-0.39, 0.29) is 0 Å². The molecule has 0 saturated heterocycles. The van der Waals surface area contributed by atoms with Gasteiger partial charge in [0.1, 0.15) is 5.60 Å². The fraction of sp³-hybridized carbons (Fsp3) is 0.700. The lowest BCUT2D eigenvalue weighted by atomic mass is 10.0. The summed E-state index contributed by atoms with van der Waals surface area (Å²) in [6.45, 7) is 10.3. The Balaban J connectivity index is 4.16. The van der Waals surface area contributed by atoms with Gasteiger partial charge in [-0.1, -0.05) is 6.58 Å². The van der Waals surface area contributed by atoms with E-state index in [1.165, 1.54) is 0 Å². The number of carbonyl (C=O) groups is 1. The van der Waals surface area contributed by atoms with Crippen LogP contribution in [0, 0.1) is 0 Å². The second-order valence-electron chi connectivity index (χ2n) is 3.98. The van der Waals surface area contributed by atoms with Gasteiger partial charge in [-0.15, -0.1) is 0 Å². The molecule has 0 fully saturated rings. The van der Waals surface area contributed by atoms with E-state index < -0.39 is 17.7 Å². The summed E-state index contributed by atoms with van der Waals surface area (Å²) in [5.74, 6) is -0.411. The van der Waals surface area contributed by atoms with Crippen LogP contribution in [0.15, 0.2) is 12.2 Å². The molecule has 0 aromatic rings. The Morgan fingerprint density at radius 1 is 1.62 bits per heavy atom. The number of hydrogen-bond donors (Lipinski definition) is 1. The molecule has 3 heteroatoms. The van der Waals surface area contributed by atoms with Crippen LogP contribution in [-0.4, -0.2) is 22.8 Å². The standard InChI is InChI=1S/C10H18O3/c1-7(2)9(12)13-10(4,5)6-8(3)11/h8,11H,1,6H2,2-5H3. The van der Waals surface area contributed by atoms with Gasteiger partial charge in [0.2, 0.25) is 0 Å². The molecule has 0 aromatic carbocycles. The largest absolute Gasteiger partial charge is 0.456 e. The molecule has 76 valence electrons. The van der Waals surface area contributed by atoms with E-state index in [0.29, 0.717) is 12.0 Å². The highest BCUT2D eigenvalue weighted by Crippen LogP contribution is 2.18. The summed E-state index contributed by atoms with van der Waals surface area (Å²) in [5.41, 5.74) is -0.261. The Hall–Kier alpha value is -0.830. The zero-order valence-electron chi connectivity index (χ0n) is 8.76. The third kappa shape index (κ3) is 5.42. The lowest BCUT2D eigenvalue weighted by Gasteiger charge is -2.26. The molecule has 1 unspecified atom stereocenters. The van der Waals surface area contributed by atoms with Crippen molar-refractivity contribution >= 4 is 5.97 Å². The van der Waals surface area contributed by atoms with E-state index in [4.69, 9.17) is 9.84 Å². The van der Waals surface area contributed by atoms with E-state index in [0.717, 1.165) is 0 Å². The number of rotatable bonds is 4. The number of esters is 1. The molecule has 0 aromatic heterocycles. The normalized spacial score (nSPS) is 13.6. The first-order valence-electron chi connectivity index (χ1n) is 4.31. The summed E-state index contributed by atoms with van der Waals surface area (Å²) in [5, 5.41) is 9.13. The molecule has 0 heterocycles.